The Bertz CT molecular complexity index is 829. The average Bonchev–Trinajstić information content (AvgIpc) is 2.76. The van der Waals surface area contributed by atoms with Gasteiger partial charge in [0.05, 0.1) is 12.9 Å². The van der Waals surface area contributed by atoms with Gasteiger partial charge in [-0.05, 0) is 48.7 Å². The first-order valence-electron chi connectivity index (χ1n) is 9.97. The molecule has 162 valence electrons. The summed E-state index contributed by atoms with van der Waals surface area (Å²) in [5.41, 5.74) is 2.02. The molecule has 2 amide bonds. The normalized spacial score (nSPS) is 11.6. The smallest absolute Gasteiger partial charge is 0.242 e. The van der Waals surface area contributed by atoms with Crippen molar-refractivity contribution in [3.8, 4) is 5.75 Å². The minimum Gasteiger partial charge on any atom is -0.497 e. The highest BCUT2D eigenvalue weighted by Crippen LogP contribution is 2.19. The fourth-order valence-electron chi connectivity index (χ4n) is 2.87. The third kappa shape index (κ3) is 7.58. The first-order valence-corrected chi connectivity index (χ1v) is 11.5. The molecule has 0 aliphatic rings. The Balaban J connectivity index is 2.06. The summed E-state index contributed by atoms with van der Waals surface area (Å²) < 4.78 is 5.28. The van der Waals surface area contributed by atoms with E-state index >= 15 is 0 Å². The van der Waals surface area contributed by atoms with E-state index in [2.05, 4.69) is 5.32 Å². The summed E-state index contributed by atoms with van der Waals surface area (Å²) in [5.74, 6) is 1.50. The zero-order valence-electron chi connectivity index (χ0n) is 17.7. The summed E-state index contributed by atoms with van der Waals surface area (Å²) in [7, 11) is 1.61. The minimum atomic E-state index is -0.564. The van der Waals surface area contributed by atoms with Gasteiger partial charge in [0.15, 0.2) is 0 Å². The van der Waals surface area contributed by atoms with Crippen LogP contribution >= 0.6 is 23.4 Å². The van der Waals surface area contributed by atoms with Crippen LogP contribution in [0.5, 0.6) is 5.75 Å². The van der Waals surface area contributed by atoms with Crippen LogP contribution in [0.2, 0.25) is 5.02 Å². The zero-order chi connectivity index (χ0) is 21.9. The monoisotopic (exact) mass is 448 g/mol. The molecule has 0 saturated carbocycles. The number of amides is 2. The molecular weight excluding hydrogens is 420 g/mol. The molecule has 0 fully saturated rings. The number of carbonyl (C=O) groups is 2. The highest BCUT2D eigenvalue weighted by Gasteiger charge is 2.25. The van der Waals surface area contributed by atoms with E-state index in [4.69, 9.17) is 16.3 Å². The number of methoxy groups -OCH3 is 1. The summed E-state index contributed by atoms with van der Waals surface area (Å²) in [6.07, 6.45) is 0.846. The van der Waals surface area contributed by atoms with Crippen LogP contribution in [-0.4, -0.2) is 42.2 Å². The summed E-state index contributed by atoms with van der Waals surface area (Å²) in [5, 5.41) is 3.58. The minimum absolute atomic E-state index is 0.0732. The van der Waals surface area contributed by atoms with Crippen LogP contribution in [0.1, 0.15) is 31.4 Å². The number of nitrogens with one attached hydrogen (secondary N) is 1. The maximum Gasteiger partial charge on any atom is 0.242 e. The van der Waals surface area contributed by atoms with Crippen LogP contribution in [-0.2, 0) is 21.9 Å². The molecule has 0 saturated heterocycles. The SMILES string of the molecule is CCCNC(=O)[C@H](C)N(Cc1cccc(OC)c1)C(=O)CSCc1ccc(Cl)cc1. The lowest BCUT2D eigenvalue weighted by Crippen LogP contribution is -2.48. The Morgan fingerprint density at radius 3 is 2.57 bits per heavy atom. The van der Waals surface area contributed by atoms with Crippen molar-refractivity contribution in [2.24, 2.45) is 0 Å². The van der Waals surface area contributed by atoms with Crippen molar-refractivity contribution in [3.05, 3.63) is 64.7 Å². The van der Waals surface area contributed by atoms with E-state index in [1.54, 1.807) is 18.9 Å². The molecule has 1 atom stereocenters. The molecule has 0 spiro atoms. The predicted octanol–water partition coefficient (Wildman–Crippen LogP) is 4.53. The first-order chi connectivity index (χ1) is 14.4. The largest absolute Gasteiger partial charge is 0.497 e. The van der Waals surface area contributed by atoms with Gasteiger partial charge in [-0.3, -0.25) is 9.59 Å². The Morgan fingerprint density at radius 1 is 1.17 bits per heavy atom. The Kier molecular flexibility index (Phi) is 10.0. The molecule has 2 rings (SSSR count). The van der Waals surface area contributed by atoms with E-state index in [0.29, 0.717) is 23.9 Å². The first kappa shape index (κ1) is 24.1. The fraction of sp³-hybridized carbons (Fsp3) is 0.391. The van der Waals surface area contributed by atoms with Gasteiger partial charge in [0.1, 0.15) is 11.8 Å². The summed E-state index contributed by atoms with van der Waals surface area (Å²) in [6.45, 7) is 4.71. The van der Waals surface area contributed by atoms with Gasteiger partial charge in [-0.2, -0.15) is 0 Å². The number of rotatable bonds is 11. The number of hydrogen-bond donors (Lipinski definition) is 1. The lowest BCUT2D eigenvalue weighted by molar-refractivity contribution is -0.138. The number of hydrogen-bond acceptors (Lipinski definition) is 4. The van der Waals surface area contributed by atoms with E-state index in [-0.39, 0.29) is 17.6 Å². The highest BCUT2D eigenvalue weighted by atomic mass is 35.5. The molecule has 7 heteroatoms. The van der Waals surface area contributed by atoms with Crippen molar-refractivity contribution in [1.29, 1.82) is 0 Å². The van der Waals surface area contributed by atoms with Crippen molar-refractivity contribution in [1.82, 2.24) is 10.2 Å². The van der Waals surface area contributed by atoms with Gasteiger partial charge in [-0.15, -0.1) is 11.8 Å². The van der Waals surface area contributed by atoms with E-state index < -0.39 is 6.04 Å². The molecule has 2 aromatic rings. The maximum atomic E-state index is 13.0. The molecule has 0 aliphatic carbocycles. The quantitative estimate of drug-likeness (QED) is 0.548. The number of thioether (sulfide) groups is 1. The summed E-state index contributed by atoms with van der Waals surface area (Å²) >= 11 is 7.45. The van der Waals surface area contributed by atoms with Crippen LogP contribution in [0.4, 0.5) is 0 Å². The molecule has 0 aromatic heterocycles. The Hall–Kier alpha value is -2.18. The third-order valence-electron chi connectivity index (χ3n) is 4.61. The second kappa shape index (κ2) is 12.5. The van der Waals surface area contributed by atoms with Gasteiger partial charge in [0.2, 0.25) is 11.8 Å². The lowest BCUT2D eigenvalue weighted by atomic mass is 10.1. The van der Waals surface area contributed by atoms with Gasteiger partial charge in [0.25, 0.3) is 0 Å². The Labute approximate surface area is 188 Å². The standard InChI is InChI=1S/C23H29ClN2O3S/c1-4-12-25-23(28)17(2)26(14-19-6-5-7-21(13-19)29-3)22(27)16-30-15-18-8-10-20(24)11-9-18/h5-11,13,17H,4,12,14-16H2,1-3H3,(H,25,28)/t17-/m0/s1. The van der Waals surface area contributed by atoms with Crippen LogP contribution in [0.3, 0.4) is 0 Å². The molecule has 5 nitrogen and oxygen atoms in total. The van der Waals surface area contributed by atoms with Crippen LogP contribution in [0, 0.1) is 0 Å². The molecule has 0 radical (unpaired) electrons. The second-order valence-corrected chi connectivity index (χ2v) is 8.38. The molecule has 0 unspecified atom stereocenters. The second-order valence-electron chi connectivity index (χ2n) is 6.96. The molecule has 1 N–H and O–H groups in total. The van der Waals surface area contributed by atoms with Gasteiger partial charge in [-0.25, -0.2) is 0 Å². The zero-order valence-corrected chi connectivity index (χ0v) is 19.3. The number of ether oxygens (including phenoxy) is 1. The molecule has 0 heterocycles. The molecule has 0 bridgehead atoms. The third-order valence-corrected chi connectivity index (χ3v) is 5.85. The van der Waals surface area contributed by atoms with E-state index in [9.17, 15) is 9.59 Å². The lowest BCUT2D eigenvalue weighted by Gasteiger charge is -2.29. The van der Waals surface area contributed by atoms with Crippen molar-refractivity contribution in [2.75, 3.05) is 19.4 Å². The number of carbonyl (C=O) groups excluding carboxylic acids is 2. The van der Waals surface area contributed by atoms with Crippen molar-refractivity contribution >= 4 is 35.2 Å². The van der Waals surface area contributed by atoms with Gasteiger partial charge < -0.3 is 15.0 Å². The fourth-order valence-corrected chi connectivity index (χ4v) is 3.86. The molecule has 0 aliphatic heterocycles. The molecule has 30 heavy (non-hydrogen) atoms. The molecule has 2 aromatic carbocycles. The van der Waals surface area contributed by atoms with Crippen molar-refractivity contribution in [3.63, 3.8) is 0 Å². The topological polar surface area (TPSA) is 58.6 Å². The summed E-state index contributed by atoms with van der Waals surface area (Å²) in [4.78, 5) is 27.2. The number of halogens is 1. The van der Waals surface area contributed by atoms with Crippen LogP contribution in [0.15, 0.2) is 48.5 Å². The van der Waals surface area contributed by atoms with Gasteiger partial charge >= 0.3 is 0 Å². The van der Waals surface area contributed by atoms with Crippen LogP contribution < -0.4 is 10.1 Å². The maximum absolute atomic E-state index is 13.0. The van der Waals surface area contributed by atoms with Gasteiger partial charge in [0, 0.05) is 23.9 Å². The number of nitrogens with zero attached hydrogens (tertiary/aromatic N) is 1. The predicted molar refractivity (Wildman–Crippen MR) is 124 cm³/mol. The molecular formula is C23H29ClN2O3S. The van der Waals surface area contributed by atoms with Crippen LogP contribution in [0.25, 0.3) is 0 Å². The van der Waals surface area contributed by atoms with Crippen molar-refractivity contribution < 1.29 is 14.3 Å². The summed E-state index contributed by atoms with van der Waals surface area (Å²) in [6, 6.07) is 14.6. The average molecular weight is 449 g/mol. The Morgan fingerprint density at radius 2 is 1.90 bits per heavy atom. The van der Waals surface area contributed by atoms with Gasteiger partial charge in [-0.1, -0.05) is 42.8 Å². The number of benzene rings is 2. The van der Waals surface area contributed by atoms with E-state index in [1.165, 1.54) is 11.8 Å². The van der Waals surface area contributed by atoms with E-state index in [1.807, 2.05) is 55.5 Å². The van der Waals surface area contributed by atoms with E-state index in [0.717, 1.165) is 23.3 Å². The highest BCUT2D eigenvalue weighted by molar-refractivity contribution is 7.99. The van der Waals surface area contributed by atoms with Crippen molar-refractivity contribution in [2.45, 2.75) is 38.6 Å².